The van der Waals surface area contributed by atoms with Crippen LogP contribution >= 0.6 is 0 Å². The smallest absolute Gasteiger partial charge is 0.0236 e. The highest BCUT2D eigenvalue weighted by molar-refractivity contribution is 5.30. The second-order valence-corrected chi connectivity index (χ2v) is 5.27. The fraction of sp³-hybridized carbons (Fsp3) is 0.600. The molecular weight excluding hydrogens is 208 g/mol. The lowest BCUT2D eigenvalue weighted by molar-refractivity contribution is 0.194. The van der Waals surface area contributed by atoms with Crippen LogP contribution in [0.2, 0.25) is 0 Å². The number of nitrogens with zero attached hydrogens (tertiary/aromatic N) is 1. The van der Waals surface area contributed by atoms with Gasteiger partial charge in [0, 0.05) is 12.6 Å². The van der Waals surface area contributed by atoms with Crippen LogP contribution in [0.1, 0.15) is 29.5 Å². The van der Waals surface area contributed by atoms with Crippen LogP contribution in [0.25, 0.3) is 0 Å². The maximum Gasteiger partial charge on any atom is 0.0236 e. The Morgan fingerprint density at radius 1 is 1.24 bits per heavy atom. The Labute approximate surface area is 105 Å². The van der Waals surface area contributed by atoms with E-state index in [0.29, 0.717) is 0 Å². The van der Waals surface area contributed by atoms with Gasteiger partial charge in [0.2, 0.25) is 0 Å². The van der Waals surface area contributed by atoms with Gasteiger partial charge in [-0.25, -0.2) is 0 Å². The monoisotopic (exact) mass is 232 g/mol. The van der Waals surface area contributed by atoms with Crippen molar-refractivity contribution in [3.63, 3.8) is 0 Å². The molecule has 2 nitrogen and oxygen atoms in total. The van der Waals surface area contributed by atoms with Crippen molar-refractivity contribution in [1.29, 1.82) is 0 Å². The van der Waals surface area contributed by atoms with Crippen molar-refractivity contribution in [2.24, 2.45) is 0 Å². The molecule has 0 atom stereocenters. The summed E-state index contributed by atoms with van der Waals surface area (Å²) >= 11 is 0. The summed E-state index contributed by atoms with van der Waals surface area (Å²) in [5.41, 5.74) is 4.28. The van der Waals surface area contributed by atoms with Gasteiger partial charge in [0.15, 0.2) is 0 Å². The Balaban J connectivity index is 1.93. The normalized spacial score (nSPS) is 18.5. The zero-order valence-corrected chi connectivity index (χ0v) is 11.3. The maximum atomic E-state index is 3.38. The predicted molar refractivity (Wildman–Crippen MR) is 73.3 cm³/mol. The molecule has 1 aromatic carbocycles. The van der Waals surface area contributed by atoms with Gasteiger partial charge in [-0.3, -0.25) is 4.90 Å². The van der Waals surface area contributed by atoms with Crippen LogP contribution in [0.3, 0.4) is 0 Å². The van der Waals surface area contributed by atoms with Gasteiger partial charge >= 0.3 is 0 Å². The third-order valence-corrected chi connectivity index (χ3v) is 3.89. The molecule has 1 aliphatic heterocycles. The van der Waals surface area contributed by atoms with Gasteiger partial charge in [-0.2, -0.15) is 0 Å². The predicted octanol–water partition coefficient (Wildman–Crippen LogP) is 2.49. The molecule has 0 aromatic heterocycles. The number of benzene rings is 1. The van der Waals surface area contributed by atoms with Gasteiger partial charge < -0.3 is 5.32 Å². The van der Waals surface area contributed by atoms with Crippen LogP contribution in [-0.4, -0.2) is 31.1 Å². The molecule has 1 saturated heterocycles. The Morgan fingerprint density at radius 3 is 2.53 bits per heavy atom. The Bertz CT molecular complexity index is 365. The summed E-state index contributed by atoms with van der Waals surface area (Å²) in [6.07, 6.45) is 2.56. The van der Waals surface area contributed by atoms with E-state index in [1.807, 2.05) is 0 Å². The van der Waals surface area contributed by atoms with E-state index >= 15 is 0 Å². The number of rotatable bonds is 3. The van der Waals surface area contributed by atoms with E-state index in [-0.39, 0.29) is 0 Å². The van der Waals surface area contributed by atoms with Crippen molar-refractivity contribution in [3.05, 3.63) is 34.9 Å². The molecule has 0 bridgehead atoms. The summed E-state index contributed by atoms with van der Waals surface area (Å²) in [5, 5.41) is 3.38. The van der Waals surface area contributed by atoms with Crippen molar-refractivity contribution in [2.75, 3.05) is 20.1 Å². The van der Waals surface area contributed by atoms with Crippen molar-refractivity contribution >= 4 is 0 Å². The molecular formula is C15H24N2. The molecule has 1 N–H and O–H groups in total. The van der Waals surface area contributed by atoms with E-state index in [9.17, 15) is 0 Å². The number of aryl methyl sites for hydroxylation is 2. The molecule has 0 amide bonds. The van der Waals surface area contributed by atoms with Crippen molar-refractivity contribution in [1.82, 2.24) is 10.2 Å². The first-order valence-electron chi connectivity index (χ1n) is 6.65. The van der Waals surface area contributed by atoms with Crippen LogP contribution in [0.4, 0.5) is 0 Å². The number of piperidine rings is 1. The standard InChI is InChI=1S/C15H24N2/c1-12-4-5-14(13(2)10-12)11-17-8-6-15(16-3)7-9-17/h4-5,10,15-16H,6-9,11H2,1-3H3. The number of hydrogen-bond donors (Lipinski definition) is 1. The molecule has 0 aliphatic carbocycles. The number of hydrogen-bond acceptors (Lipinski definition) is 2. The molecule has 0 saturated carbocycles. The largest absolute Gasteiger partial charge is 0.317 e. The van der Waals surface area contributed by atoms with Gasteiger partial charge in [-0.15, -0.1) is 0 Å². The average molecular weight is 232 g/mol. The second-order valence-electron chi connectivity index (χ2n) is 5.27. The molecule has 0 spiro atoms. The highest BCUT2D eigenvalue weighted by atomic mass is 15.1. The molecule has 2 heteroatoms. The van der Waals surface area contributed by atoms with Crippen molar-refractivity contribution in [2.45, 2.75) is 39.3 Å². The Kier molecular flexibility index (Phi) is 4.19. The van der Waals surface area contributed by atoms with Gasteiger partial charge in [-0.1, -0.05) is 23.8 Å². The topological polar surface area (TPSA) is 15.3 Å². The van der Waals surface area contributed by atoms with Crippen LogP contribution < -0.4 is 5.32 Å². The number of likely N-dealkylation sites (tertiary alicyclic amines) is 1. The summed E-state index contributed by atoms with van der Waals surface area (Å²) in [7, 11) is 2.07. The van der Waals surface area contributed by atoms with E-state index in [4.69, 9.17) is 0 Å². The molecule has 2 rings (SSSR count). The average Bonchev–Trinajstić information content (AvgIpc) is 2.34. The maximum absolute atomic E-state index is 3.38. The highest BCUT2D eigenvalue weighted by Gasteiger charge is 2.17. The van der Waals surface area contributed by atoms with E-state index < -0.39 is 0 Å². The fourth-order valence-electron chi connectivity index (χ4n) is 2.64. The zero-order chi connectivity index (χ0) is 12.3. The minimum Gasteiger partial charge on any atom is -0.317 e. The fourth-order valence-corrected chi connectivity index (χ4v) is 2.64. The van der Waals surface area contributed by atoms with Gasteiger partial charge in [0.25, 0.3) is 0 Å². The van der Waals surface area contributed by atoms with Gasteiger partial charge in [0.05, 0.1) is 0 Å². The lowest BCUT2D eigenvalue weighted by Crippen LogP contribution is -2.40. The van der Waals surface area contributed by atoms with E-state index in [0.717, 1.165) is 12.6 Å². The zero-order valence-electron chi connectivity index (χ0n) is 11.3. The number of nitrogens with one attached hydrogen (secondary N) is 1. The third-order valence-electron chi connectivity index (χ3n) is 3.89. The minimum absolute atomic E-state index is 0.727. The lowest BCUT2D eigenvalue weighted by Gasteiger charge is -2.32. The van der Waals surface area contributed by atoms with Crippen LogP contribution in [0.5, 0.6) is 0 Å². The summed E-state index contributed by atoms with van der Waals surface area (Å²) < 4.78 is 0. The highest BCUT2D eigenvalue weighted by Crippen LogP contribution is 2.17. The van der Waals surface area contributed by atoms with E-state index in [2.05, 4.69) is 49.3 Å². The molecule has 1 fully saturated rings. The summed E-state index contributed by atoms with van der Waals surface area (Å²) in [6.45, 7) is 7.94. The van der Waals surface area contributed by atoms with Crippen LogP contribution in [0, 0.1) is 13.8 Å². The van der Waals surface area contributed by atoms with Crippen molar-refractivity contribution < 1.29 is 0 Å². The first-order chi connectivity index (χ1) is 8.19. The third kappa shape index (κ3) is 3.30. The van der Waals surface area contributed by atoms with Crippen molar-refractivity contribution in [3.8, 4) is 0 Å². The minimum atomic E-state index is 0.727. The molecule has 0 unspecified atom stereocenters. The molecule has 94 valence electrons. The van der Waals surface area contributed by atoms with Gasteiger partial charge in [-0.05, 0) is 58.0 Å². The molecule has 1 aromatic rings. The second kappa shape index (κ2) is 5.65. The first-order valence-corrected chi connectivity index (χ1v) is 6.65. The Morgan fingerprint density at radius 2 is 1.94 bits per heavy atom. The van der Waals surface area contributed by atoms with E-state index in [1.54, 1.807) is 0 Å². The SMILES string of the molecule is CNC1CCN(Cc2ccc(C)cc2C)CC1. The van der Waals surface area contributed by atoms with E-state index in [1.165, 1.54) is 42.6 Å². The molecule has 0 radical (unpaired) electrons. The molecule has 1 heterocycles. The summed E-state index contributed by atoms with van der Waals surface area (Å²) in [6, 6.07) is 7.53. The summed E-state index contributed by atoms with van der Waals surface area (Å²) in [4.78, 5) is 2.57. The molecule has 1 aliphatic rings. The van der Waals surface area contributed by atoms with Crippen LogP contribution in [0.15, 0.2) is 18.2 Å². The Hall–Kier alpha value is -0.860. The molecule has 17 heavy (non-hydrogen) atoms. The first kappa shape index (κ1) is 12.6. The lowest BCUT2D eigenvalue weighted by atomic mass is 10.0. The van der Waals surface area contributed by atoms with Crippen LogP contribution in [-0.2, 0) is 6.54 Å². The quantitative estimate of drug-likeness (QED) is 0.861. The van der Waals surface area contributed by atoms with Gasteiger partial charge in [0.1, 0.15) is 0 Å². The summed E-state index contributed by atoms with van der Waals surface area (Å²) in [5.74, 6) is 0.